The number of hydrogen-bond acceptors (Lipinski definition) is 12. The lowest BCUT2D eigenvalue weighted by Crippen LogP contribution is -2.66. The number of alkyl carbamates (subject to hydrolysis) is 1. The number of amides is 1. The number of esters is 4. The van der Waals surface area contributed by atoms with Gasteiger partial charge in [-0.2, -0.15) is 0 Å². The molecule has 0 bridgehead atoms. The fraction of sp³-hybridized carbons (Fsp3) is 0.722. The van der Waals surface area contributed by atoms with Gasteiger partial charge in [0.25, 0.3) is 5.79 Å². The summed E-state index contributed by atoms with van der Waals surface area (Å²) in [7, 11) is 2.29. The molecule has 0 spiro atoms. The zero-order chi connectivity index (χ0) is 23.3. The van der Waals surface area contributed by atoms with Crippen LogP contribution >= 0.6 is 0 Å². The molecule has 2 rings (SSSR count). The summed E-state index contributed by atoms with van der Waals surface area (Å²) in [6, 6.07) is -0.917. The second-order valence-corrected chi connectivity index (χ2v) is 6.87. The van der Waals surface area contributed by atoms with Gasteiger partial charge in [-0.1, -0.05) is 0 Å². The van der Waals surface area contributed by atoms with Crippen LogP contribution in [0, 0.1) is 0 Å². The van der Waals surface area contributed by atoms with Crippen LogP contribution in [-0.2, 0) is 52.3 Å². The van der Waals surface area contributed by atoms with Crippen LogP contribution in [0.5, 0.6) is 0 Å². The van der Waals surface area contributed by atoms with Crippen molar-refractivity contribution in [3.8, 4) is 0 Å². The topological polar surface area (TPSA) is 162 Å². The fourth-order valence-corrected chi connectivity index (χ4v) is 3.47. The summed E-state index contributed by atoms with van der Waals surface area (Å²) in [6.07, 6.45) is -6.02. The van der Waals surface area contributed by atoms with Crippen LogP contribution in [-0.4, -0.2) is 87.0 Å². The molecule has 13 heteroatoms. The van der Waals surface area contributed by atoms with Gasteiger partial charge in [0.2, 0.25) is 0 Å². The van der Waals surface area contributed by atoms with Crippen molar-refractivity contribution in [3.63, 3.8) is 0 Å². The monoisotopic (exact) mass is 447 g/mol. The second kappa shape index (κ2) is 9.92. The molecule has 0 saturated carbocycles. The quantitative estimate of drug-likeness (QED) is 0.364. The largest absolute Gasteiger partial charge is 0.465 e. The van der Waals surface area contributed by atoms with Crippen molar-refractivity contribution in [1.82, 2.24) is 5.32 Å². The Hall–Kier alpha value is -2.93. The summed E-state index contributed by atoms with van der Waals surface area (Å²) in [5, 5.41) is 2.52. The summed E-state index contributed by atoms with van der Waals surface area (Å²) >= 11 is 0. The van der Waals surface area contributed by atoms with Gasteiger partial charge in [0.1, 0.15) is 18.8 Å². The van der Waals surface area contributed by atoms with Crippen LogP contribution in [0.1, 0.15) is 27.2 Å². The first kappa shape index (κ1) is 24.3. The minimum Gasteiger partial charge on any atom is -0.465 e. The predicted molar refractivity (Wildman–Crippen MR) is 96.2 cm³/mol. The van der Waals surface area contributed by atoms with Gasteiger partial charge in [0.15, 0.2) is 12.2 Å². The van der Waals surface area contributed by atoms with Crippen LogP contribution in [0.25, 0.3) is 0 Å². The van der Waals surface area contributed by atoms with E-state index in [9.17, 15) is 24.0 Å². The highest BCUT2D eigenvalue weighted by molar-refractivity contribution is 5.79. The first-order valence-corrected chi connectivity index (χ1v) is 9.29. The Morgan fingerprint density at radius 3 is 2.26 bits per heavy atom. The number of carbonyl (C=O) groups excluding carboxylic acids is 5. The molecule has 6 atom stereocenters. The lowest BCUT2D eigenvalue weighted by Gasteiger charge is -2.45. The van der Waals surface area contributed by atoms with Crippen LogP contribution in [0.3, 0.4) is 0 Å². The van der Waals surface area contributed by atoms with Gasteiger partial charge in [-0.25, -0.2) is 9.59 Å². The zero-order valence-electron chi connectivity index (χ0n) is 17.7. The lowest BCUT2D eigenvalue weighted by molar-refractivity contribution is -0.301. The molecule has 2 aliphatic rings. The summed E-state index contributed by atoms with van der Waals surface area (Å²) in [5.41, 5.74) is 0. The number of hydrogen-bond donors (Lipinski definition) is 1. The van der Waals surface area contributed by atoms with Crippen LogP contribution < -0.4 is 5.32 Å². The van der Waals surface area contributed by atoms with E-state index in [4.69, 9.17) is 33.2 Å². The summed E-state index contributed by atoms with van der Waals surface area (Å²) in [6.45, 7) is 2.84. The number of fused-ring (bicyclic) bond motifs is 1. The first-order chi connectivity index (χ1) is 14.5. The van der Waals surface area contributed by atoms with Crippen molar-refractivity contribution in [2.24, 2.45) is 0 Å². The molecule has 2 heterocycles. The lowest BCUT2D eigenvalue weighted by atomic mass is 9.89. The maximum absolute atomic E-state index is 12.4. The standard InChI is InChI=1S/C18H25NO12/c1-8(20)27-7-12(28-9(2)21)14(29-10(3)22)15-13-11(30-17(24)19-13)6-18(26-5,31-15)16(23)25-4/h11-15H,6-7H2,1-5H3,(H,19,24)/t11-,12+,13+,14+,15+,18+/m0/s1. The molecule has 0 aromatic heterocycles. The molecule has 13 nitrogen and oxygen atoms in total. The molecule has 0 aromatic rings. The number of carbonyl (C=O) groups is 5. The van der Waals surface area contributed by atoms with E-state index >= 15 is 0 Å². The Bertz CT molecular complexity index is 739. The van der Waals surface area contributed by atoms with Gasteiger partial charge < -0.3 is 38.5 Å². The van der Waals surface area contributed by atoms with Crippen molar-refractivity contribution in [2.75, 3.05) is 20.8 Å². The van der Waals surface area contributed by atoms with E-state index in [-0.39, 0.29) is 6.42 Å². The minimum atomic E-state index is -2.01. The van der Waals surface area contributed by atoms with Crippen LogP contribution in [0.4, 0.5) is 4.79 Å². The normalized spacial score (nSPS) is 28.8. The van der Waals surface area contributed by atoms with Gasteiger partial charge in [-0.15, -0.1) is 0 Å². The van der Waals surface area contributed by atoms with E-state index in [1.54, 1.807) is 0 Å². The third-order valence-electron chi connectivity index (χ3n) is 4.68. The van der Waals surface area contributed by atoms with Crippen molar-refractivity contribution in [1.29, 1.82) is 0 Å². The van der Waals surface area contributed by atoms with Crippen molar-refractivity contribution in [3.05, 3.63) is 0 Å². The molecule has 2 aliphatic heterocycles. The summed E-state index contributed by atoms with van der Waals surface area (Å²) in [4.78, 5) is 59.1. The van der Waals surface area contributed by atoms with E-state index < -0.39 is 72.8 Å². The Balaban J connectivity index is 2.49. The summed E-state index contributed by atoms with van der Waals surface area (Å²) in [5.74, 6) is -5.17. The molecule has 2 fully saturated rings. The van der Waals surface area contributed by atoms with Gasteiger partial charge in [-0.05, 0) is 0 Å². The SMILES string of the molecule is COC(=O)[C@@]1(OC)C[C@@H]2OC(=O)N[C@H]2[C@H]([C@H](OC(C)=O)[C@@H](COC(C)=O)OC(C)=O)O1. The van der Waals surface area contributed by atoms with Crippen LogP contribution in [0.15, 0.2) is 0 Å². The molecule has 174 valence electrons. The zero-order valence-corrected chi connectivity index (χ0v) is 17.7. The van der Waals surface area contributed by atoms with E-state index in [0.717, 1.165) is 27.9 Å². The molecule has 0 aromatic carbocycles. The Morgan fingerprint density at radius 1 is 1.10 bits per heavy atom. The third-order valence-corrected chi connectivity index (χ3v) is 4.68. The van der Waals surface area contributed by atoms with Crippen molar-refractivity contribution >= 4 is 30.0 Å². The van der Waals surface area contributed by atoms with Gasteiger partial charge in [-0.3, -0.25) is 14.4 Å². The second-order valence-electron chi connectivity index (χ2n) is 6.87. The maximum Gasteiger partial charge on any atom is 0.407 e. The highest BCUT2D eigenvalue weighted by Gasteiger charge is 2.60. The molecule has 0 unspecified atom stereocenters. The number of ether oxygens (including phenoxy) is 7. The molecule has 1 amide bonds. The molecule has 31 heavy (non-hydrogen) atoms. The first-order valence-electron chi connectivity index (χ1n) is 9.29. The Morgan fingerprint density at radius 2 is 1.74 bits per heavy atom. The maximum atomic E-state index is 12.4. The van der Waals surface area contributed by atoms with Gasteiger partial charge in [0, 0.05) is 27.9 Å². The van der Waals surface area contributed by atoms with Gasteiger partial charge >= 0.3 is 30.0 Å². The van der Waals surface area contributed by atoms with E-state index in [1.807, 2.05) is 0 Å². The Kier molecular flexibility index (Phi) is 7.79. The van der Waals surface area contributed by atoms with Gasteiger partial charge in [0.05, 0.1) is 19.6 Å². The minimum absolute atomic E-state index is 0.217. The average Bonchev–Trinajstić information content (AvgIpc) is 3.07. The Labute approximate surface area is 177 Å². The molecular weight excluding hydrogens is 422 g/mol. The number of methoxy groups -OCH3 is 2. The number of rotatable bonds is 8. The average molecular weight is 447 g/mol. The van der Waals surface area contributed by atoms with Crippen LogP contribution in [0.2, 0.25) is 0 Å². The third kappa shape index (κ3) is 5.61. The highest BCUT2D eigenvalue weighted by Crippen LogP contribution is 2.38. The van der Waals surface area contributed by atoms with Crippen molar-refractivity contribution in [2.45, 2.75) is 63.4 Å². The molecule has 0 radical (unpaired) electrons. The van der Waals surface area contributed by atoms with E-state index in [0.29, 0.717) is 0 Å². The molecule has 2 saturated heterocycles. The highest BCUT2D eigenvalue weighted by atomic mass is 16.7. The van der Waals surface area contributed by atoms with Crippen molar-refractivity contribution < 1.29 is 57.1 Å². The molecule has 0 aliphatic carbocycles. The predicted octanol–water partition coefficient (Wildman–Crippen LogP) is -0.805. The number of nitrogens with one attached hydrogen (secondary N) is 1. The van der Waals surface area contributed by atoms with E-state index in [1.165, 1.54) is 7.11 Å². The van der Waals surface area contributed by atoms with E-state index in [2.05, 4.69) is 5.32 Å². The molecular formula is C18H25NO12. The smallest absolute Gasteiger partial charge is 0.407 e. The molecule has 1 N–H and O–H groups in total. The fourth-order valence-electron chi connectivity index (χ4n) is 3.47. The summed E-state index contributed by atoms with van der Waals surface area (Å²) < 4.78 is 36.6.